The molecule has 0 saturated heterocycles. The Bertz CT molecular complexity index is 309. The molecule has 1 atom stereocenters. The first kappa shape index (κ1) is 8.42. The Labute approximate surface area is 78.9 Å². The molecule has 1 aromatic rings. The predicted octanol–water partition coefficient (Wildman–Crippen LogP) is 2.61. The van der Waals surface area contributed by atoms with Gasteiger partial charge in [-0.25, -0.2) is 0 Å². The van der Waals surface area contributed by atoms with Crippen LogP contribution in [0.2, 0.25) is 0 Å². The number of benzene rings is 1. The fourth-order valence-electron chi connectivity index (χ4n) is 1.74. The summed E-state index contributed by atoms with van der Waals surface area (Å²) in [4.78, 5) is 0. The molecule has 2 nitrogen and oxygen atoms in total. The first-order valence-electron chi connectivity index (χ1n) is 4.82. The summed E-state index contributed by atoms with van der Waals surface area (Å²) in [5.41, 5.74) is 2.64. The highest BCUT2D eigenvalue weighted by molar-refractivity contribution is 5.59. The summed E-state index contributed by atoms with van der Waals surface area (Å²) < 4.78 is 5.45. The van der Waals surface area contributed by atoms with Crippen molar-refractivity contribution in [2.75, 3.05) is 18.5 Å². The Balaban J connectivity index is 2.31. The van der Waals surface area contributed by atoms with E-state index in [0.29, 0.717) is 5.92 Å². The molecule has 1 aliphatic rings. The Morgan fingerprint density at radius 1 is 1.54 bits per heavy atom. The lowest BCUT2D eigenvalue weighted by Crippen LogP contribution is -1.96. The van der Waals surface area contributed by atoms with Crippen molar-refractivity contribution < 1.29 is 4.74 Å². The summed E-state index contributed by atoms with van der Waals surface area (Å²) >= 11 is 0. The lowest BCUT2D eigenvalue weighted by atomic mass is 10.0. The van der Waals surface area contributed by atoms with Gasteiger partial charge < -0.3 is 10.1 Å². The highest BCUT2D eigenvalue weighted by Gasteiger charge is 2.17. The Morgan fingerprint density at radius 2 is 2.38 bits per heavy atom. The molecule has 1 heterocycles. The number of ether oxygens (including phenoxy) is 1. The summed E-state index contributed by atoms with van der Waals surface area (Å²) in [5, 5.41) is 3.36. The van der Waals surface area contributed by atoms with Crippen LogP contribution in [-0.2, 0) is 0 Å². The number of rotatable bonds is 2. The zero-order valence-electron chi connectivity index (χ0n) is 8.13. The van der Waals surface area contributed by atoms with Crippen LogP contribution in [0.15, 0.2) is 18.2 Å². The molecule has 0 aromatic heterocycles. The minimum absolute atomic E-state index is 0.607. The predicted molar refractivity (Wildman–Crippen MR) is 54.5 cm³/mol. The van der Waals surface area contributed by atoms with Crippen molar-refractivity contribution >= 4 is 5.69 Å². The van der Waals surface area contributed by atoms with Gasteiger partial charge in [-0.05, 0) is 30.7 Å². The second-order valence-corrected chi connectivity index (χ2v) is 3.46. The van der Waals surface area contributed by atoms with Crippen LogP contribution in [-0.4, -0.2) is 13.2 Å². The van der Waals surface area contributed by atoms with Crippen LogP contribution in [0.5, 0.6) is 5.75 Å². The molecular weight excluding hydrogens is 162 g/mol. The van der Waals surface area contributed by atoms with Crippen LogP contribution in [0.1, 0.15) is 25.3 Å². The van der Waals surface area contributed by atoms with Gasteiger partial charge in [-0.3, -0.25) is 0 Å². The second kappa shape index (κ2) is 3.29. The van der Waals surface area contributed by atoms with E-state index in [1.54, 1.807) is 0 Å². The Morgan fingerprint density at radius 3 is 3.15 bits per heavy atom. The first-order chi connectivity index (χ1) is 6.31. The summed E-state index contributed by atoms with van der Waals surface area (Å²) in [7, 11) is 0. The largest absolute Gasteiger partial charge is 0.494 e. The third kappa shape index (κ3) is 1.48. The molecule has 1 aromatic carbocycles. The van der Waals surface area contributed by atoms with E-state index in [0.717, 1.165) is 18.9 Å². The molecule has 1 aliphatic heterocycles. The molecule has 0 radical (unpaired) electrons. The van der Waals surface area contributed by atoms with Crippen molar-refractivity contribution in [2.45, 2.75) is 19.8 Å². The monoisotopic (exact) mass is 177 g/mol. The molecule has 0 saturated carbocycles. The van der Waals surface area contributed by atoms with Crippen molar-refractivity contribution in [3.8, 4) is 5.75 Å². The number of nitrogens with one attached hydrogen (secondary N) is 1. The standard InChI is InChI=1S/C11H15NO/c1-3-13-9-4-5-11-10(6-9)8(2)7-12-11/h4-6,8,12H,3,7H2,1-2H3. The molecule has 13 heavy (non-hydrogen) atoms. The topological polar surface area (TPSA) is 21.3 Å². The second-order valence-electron chi connectivity index (χ2n) is 3.46. The zero-order chi connectivity index (χ0) is 9.26. The highest BCUT2D eigenvalue weighted by atomic mass is 16.5. The van der Waals surface area contributed by atoms with E-state index >= 15 is 0 Å². The fraction of sp³-hybridized carbons (Fsp3) is 0.455. The lowest BCUT2D eigenvalue weighted by Gasteiger charge is -2.06. The molecule has 2 rings (SSSR count). The van der Waals surface area contributed by atoms with Crippen LogP contribution in [0.4, 0.5) is 5.69 Å². The highest BCUT2D eigenvalue weighted by Crippen LogP contribution is 2.33. The normalized spacial score (nSPS) is 19.4. The minimum atomic E-state index is 0.607. The molecule has 1 unspecified atom stereocenters. The van der Waals surface area contributed by atoms with Gasteiger partial charge >= 0.3 is 0 Å². The molecule has 0 aliphatic carbocycles. The van der Waals surface area contributed by atoms with Crippen LogP contribution in [0, 0.1) is 0 Å². The minimum Gasteiger partial charge on any atom is -0.494 e. The third-order valence-corrected chi connectivity index (χ3v) is 2.46. The maximum atomic E-state index is 5.45. The summed E-state index contributed by atoms with van der Waals surface area (Å²) in [6, 6.07) is 6.26. The van der Waals surface area contributed by atoms with Gasteiger partial charge in [0, 0.05) is 18.2 Å². The maximum absolute atomic E-state index is 5.45. The number of anilines is 1. The number of fused-ring (bicyclic) bond motifs is 1. The van der Waals surface area contributed by atoms with Gasteiger partial charge in [-0.2, -0.15) is 0 Å². The van der Waals surface area contributed by atoms with Gasteiger partial charge in [-0.1, -0.05) is 6.92 Å². The molecule has 1 N–H and O–H groups in total. The van der Waals surface area contributed by atoms with Gasteiger partial charge in [0.05, 0.1) is 6.61 Å². The molecule has 0 bridgehead atoms. The van der Waals surface area contributed by atoms with Crippen molar-refractivity contribution in [1.82, 2.24) is 0 Å². The van der Waals surface area contributed by atoms with Crippen LogP contribution in [0.3, 0.4) is 0 Å². The van der Waals surface area contributed by atoms with Gasteiger partial charge in [-0.15, -0.1) is 0 Å². The molecular formula is C11H15NO. The van der Waals surface area contributed by atoms with E-state index in [4.69, 9.17) is 4.74 Å². The van der Waals surface area contributed by atoms with Gasteiger partial charge in [0.25, 0.3) is 0 Å². The molecule has 0 spiro atoms. The number of hydrogen-bond acceptors (Lipinski definition) is 2. The van der Waals surface area contributed by atoms with Crippen LogP contribution >= 0.6 is 0 Å². The fourth-order valence-corrected chi connectivity index (χ4v) is 1.74. The van der Waals surface area contributed by atoms with Crippen molar-refractivity contribution in [2.24, 2.45) is 0 Å². The Kier molecular flexibility index (Phi) is 2.13. The molecule has 70 valence electrons. The third-order valence-electron chi connectivity index (χ3n) is 2.46. The van der Waals surface area contributed by atoms with Crippen LogP contribution in [0.25, 0.3) is 0 Å². The smallest absolute Gasteiger partial charge is 0.119 e. The maximum Gasteiger partial charge on any atom is 0.119 e. The van der Waals surface area contributed by atoms with Crippen molar-refractivity contribution in [3.63, 3.8) is 0 Å². The summed E-state index contributed by atoms with van der Waals surface area (Å²) in [6.07, 6.45) is 0. The summed E-state index contributed by atoms with van der Waals surface area (Å²) in [5.74, 6) is 1.59. The number of hydrogen-bond donors (Lipinski definition) is 1. The quantitative estimate of drug-likeness (QED) is 0.749. The van der Waals surface area contributed by atoms with E-state index in [9.17, 15) is 0 Å². The average Bonchev–Trinajstić information content (AvgIpc) is 2.49. The van der Waals surface area contributed by atoms with Crippen LogP contribution < -0.4 is 10.1 Å². The average molecular weight is 177 g/mol. The van der Waals surface area contributed by atoms with E-state index in [-0.39, 0.29) is 0 Å². The van der Waals surface area contributed by atoms with E-state index in [2.05, 4.69) is 24.4 Å². The SMILES string of the molecule is CCOc1ccc2c(c1)C(C)CN2. The van der Waals surface area contributed by atoms with Crippen molar-refractivity contribution in [3.05, 3.63) is 23.8 Å². The van der Waals surface area contributed by atoms with Gasteiger partial charge in [0.1, 0.15) is 5.75 Å². The molecule has 0 amide bonds. The summed E-state index contributed by atoms with van der Waals surface area (Å²) in [6.45, 7) is 6.02. The zero-order valence-corrected chi connectivity index (χ0v) is 8.13. The van der Waals surface area contributed by atoms with E-state index in [1.807, 2.05) is 13.0 Å². The first-order valence-corrected chi connectivity index (χ1v) is 4.82. The van der Waals surface area contributed by atoms with Crippen molar-refractivity contribution in [1.29, 1.82) is 0 Å². The molecule has 0 fully saturated rings. The Hall–Kier alpha value is -1.18. The lowest BCUT2D eigenvalue weighted by molar-refractivity contribution is 0.340. The van der Waals surface area contributed by atoms with Gasteiger partial charge in [0.2, 0.25) is 0 Å². The van der Waals surface area contributed by atoms with E-state index < -0.39 is 0 Å². The van der Waals surface area contributed by atoms with Gasteiger partial charge in [0.15, 0.2) is 0 Å². The van der Waals surface area contributed by atoms with E-state index in [1.165, 1.54) is 11.3 Å². The molecule has 2 heteroatoms.